The van der Waals surface area contributed by atoms with Crippen molar-refractivity contribution in [3.63, 3.8) is 0 Å². The van der Waals surface area contributed by atoms with Gasteiger partial charge >= 0.3 is 0 Å². The highest BCUT2D eigenvalue weighted by Gasteiger charge is 2.17. The summed E-state index contributed by atoms with van der Waals surface area (Å²) in [6.45, 7) is 5.52. The summed E-state index contributed by atoms with van der Waals surface area (Å²) in [5, 5.41) is 12.4. The number of hydrogen-bond acceptors (Lipinski definition) is 4. The van der Waals surface area contributed by atoms with Crippen molar-refractivity contribution in [1.82, 2.24) is 10.0 Å². The van der Waals surface area contributed by atoms with Crippen LogP contribution in [0, 0.1) is 20.8 Å². The molecule has 7 heteroatoms. The summed E-state index contributed by atoms with van der Waals surface area (Å²) in [4.78, 5) is 12.3. The number of aryl methyl sites for hydroxylation is 3. The van der Waals surface area contributed by atoms with E-state index < -0.39 is 15.9 Å². The fourth-order valence-corrected chi connectivity index (χ4v) is 3.72. The van der Waals surface area contributed by atoms with Crippen molar-refractivity contribution in [3.8, 4) is 5.75 Å². The second-order valence-corrected chi connectivity index (χ2v) is 7.68. The van der Waals surface area contributed by atoms with Crippen molar-refractivity contribution >= 4 is 15.9 Å². The molecular formula is C18H22N2O4S. The van der Waals surface area contributed by atoms with Gasteiger partial charge in [0.15, 0.2) is 0 Å². The van der Waals surface area contributed by atoms with Crippen LogP contribution < -0.4 is 10.0 Å². The molecule has 3 N–H and O–H groups in total. The lowest BCUT2D eigenvalue weighted by molar-refractivity contribution is 0.0951. The van der Waals surface area contributed by atoms with Crippen LogP contribution in [0.25, 0.3) is 0 Å². The highest BCUT2D eigenvalue weighted by Crippen LogP contribution is 2.18. The maximum absolute atomic E-state index is 12.3. The zero-order valence-corrected chi connectivity index (χ0v) is 15.3. The largest absolute Gasteiger partial charge is 0.507 e. The molecule has 0 saturated heterocycles. The first-order valence-corrected chi connectivity index (χ1v) is 9.34. The van der Waals surface area contributed by atoms with Gasteiger partial charge in [0.05, 0.1) is 10.5 Å². The molecule has 0 radical (unpaired) electrons. The fraction of sp³-hybridized carbons (Fsp3) is 0.278. The molecule has 134 valence electrons. The lowest BCUT2D eigenvalue weighted by Crippen LogP contribution is -2.35. The predicted octanol–water partition coefficient (Wildman–Crippen LogP) is 2.03. The number of sulfonamides is 1. The molecule has 0 saturated carbocycles. The molecule has 25 heavy (non-hydrogen) atoms. The third-order valence-corrected chi connectivity index (χ3v) is 5.34. The molecule has 0 bridgehead atoms. The van der Waals surface area contributed by atoms with Crippen LogP contribution in [-0.4, -0.2) is 32.5 Å². The summed E-state index contributed by atoms with van der Waals surface area (Å²) < 4.78 is 27.2. The van der Waals surface area contributed by atoms with E-state index in [2.05, 4.69) is 10.0 Å². The van der Waals surface area contributed by atoms with Gasteiger partial charge in [-0.05, 0) is 55.7 Å². The summed E-state index contributed by atoms with van der Waals surface area (Å²) >= 11 is 0. The molecule has 0 fully saturated rings. The van der Waals surface area contributed by atoms with Crippen LogP contribution in [0.2, 0.25) is 0 Å². The maximum atomic E-state index is 12.3. The van der Waals surface area contributed by atoms with Gasteiger partial charge in [0.25, 0.3) is 5.91 Å². The van der Waals surface area contributed by atoms with Crippen molar-refractivity contribution < 1.29 is 18.3 Å². The average Bonchev–Trinajstić information content (AvgIpc) is 2.53. The minimum Gasteiger partial charge on any atom is -0.507 e. The number of phenolic OH excluding ortho intramolecular Hbond substituents is 1. The molecule has 0 aliphatic carbocycles. The van der Waals surface area contributed by atoms with Crippen LogP contribution in [0.15, 0.2) is 41.3 Å². The van der Waals surface area contributed by atoms with Gasteiger partial charge in [-0.15, -0.1) is 0 Å². The van der Waals surface area contributed by atoms with Crippen molar-refractivity contribution in [1.29, 1.82) is 0 Å². The SMILES string of the molecule is Cc1ccc(C(=O)NCCNS(=O)(=O)c2cc(C)ccc2C)c(O)c1. The van der Waals surface area contributed by atoms with E-state index in [9.17, 15) is 18.3 Å². The summed E-state index contributed by atoms with van der Waals surface area (Å²) in [5.74, 6) is -0.558. The Morgan fingerprint density at radius 1 is 1.00 bits per heavy atom. The lowest BCUT2D eigenvalue weighted by Gasteiger charge is -2.11. The van der Waals surface area contributed by atoms with Crippen molar-refractivity contribution in [2.24, 2.45) is 0 Å². The first-order valence-electron chi connectivity index (χ1n) is 7.85. The molecule has 2 aromatic rings. The van der Waals surface area contributed by atoms with E-state index in [1.807, 2.05) is 19.9 Å². The third kappa shape index (κ3) is 4.80. The quantitative estimate of drug-likeness (QED) is 0.685. The maximum Gasteiger partial charge on any atom is 0.255 e. The van der Waals surface area contributed by atoms with Crippen LogP contribution in [-0.2, 0) is 10.0 Å². The van der Waals surface area contributed by atoms with Gasteiger partial charge in [0.2, 0.25) is 10.0 Å². The Balaban J connectivity index is 1.94. The van der Waals surface area contributed by atoms with Crippen molar-refractivity contribution in [2.45, 2.75) is 25.7 Å². The van der Waals surface area contributed by atoms with E-state index in [0.29, 0.717) is 5.56 Å². The summed E-state index contributed by atoms with van der Waals surface area (Å²) in [7, 11) is -3.64. The first-order chi connectivity index (χ1) is 11.7. The normalized spacial score (nSPS) is 11.3. The van der Waals surface area contributed by atoms with Gasteiger partial charge in [-0.3, -0.25) is 4.79 Å². The Hall–Kier alpha value is -2.38. The summed E-state index contributed by atoms with van der Waals surface area (Å²) in [6, 6.07) is 9.96. The molecule has 1 amide bonds. The molecule has 0 atom stereocenters. The lowest BCUT2D eigenvalue weighted by atomic mass is 10.1. The van der Waals surface area contributed by atoms with Crippen molar-refractivity contribution in [2.75, 3.05) is 13.1 Å². The minimum atomic E-state index is -3.64. The second kappa shape index (κ2) is 7.67. The third-order valence-electron chi connectivity index (χ3n) is 3.73. The number of rotatable bonds is 6. The number of hydrogen-bond donors (Lipinski definition) is 3. The number of phenols is 1. The van der Waals surface area contributed by atoms with Crippen LogP contribution >= 0.6 is 0 Å². The molecular weight excluding hydrogens is 340 g/mol. The monoisotopic (exact) mass is 362 g/mol. The summed E-state index contributed by atoms with van der Waals surface area (Å²) in [6.07, 6.45) is 0. The Morgan fingerprint density at radius 2 is 1.64 bits per heavy atom. The second-order valence-electron chi connectivity index (χ2n) is 5.94. The zero-order valence-electron chi connectivity index (χ0n) is 14.5. The molecule has 0 unspecified atom stereocenters. The molecule has 6 nitrogen and oxygen atoms in total. The zero-order chi connectivity index (χ0) is 18.6. The number of nitrogens with one attached hydrogen (secondary N) is 2. The standard InChI is InChI=1S/C18H22N2O4S/c1-12-5-7-15(16(21)10-12)18(22)19-8-9-20-25(23,24)17-11-13(2)4-6-14(17)3/h4-7,10-11,20-21H,8-9H2,1-3H3,(H,19,22). The minimum absolute atomic E-state index is 0.0497. The van der Waals surface area contributed by atoms with Gasteiger partial charge in [-0.2, -0.15) is 0 Å². The van der Waals surface area contributed by atoms with Gasteiger partial charge < -0.3 is 10.4 Å². The number of amides is 1. The molecule has 0 aliphatic rings. The van der Waals surface area contributed by atoms with E-state index in [-0.39, 0.29) is 29.3 Å². The molecule has 2 aromatic carbocycles. The average molecular weight is 362 g/mol. The van der Waals surface area contributed by atoms with Crippen molar-refractivity contribution in [3.05, 3.63) is 58.7 Å². The number of carbonyl (C=O) groups is 1. The van der Waals surface area contributed by atoms with Gasteiger partial charge in [-0.1, -0.05) is 18.2 Å². The van der Waals surface area contributed by atoms with Gasteiger partial charge in [0, 0.05) is 13.1 Å². The smallest absolute Gasteiger partial charge is 0.255 e. The van der Waals surface area contributed by atoms with Crippen LogP contribution in [0.4, 0.5) is 0 Å². The van der Waals surface area contributed by atoms with Crippen LogP contribution in [0.1, 0.15) is 27.0 Å². The predicted molar refractivity (Wildman–Crippen MR) is 96.3 cm³/mol. The van der Waals surface area contributed by atoms with E-state index in [1.54, 1.807) is 25.1 Å². The topological polar surface area (TPSA) is 95.5 Å². The van der Waals surface area contributed by atoms with E-state index >= 15 is 0 Å². The molecule has 0 spiro atoms. The molecule has 0 heterocycles. The van der Waals surface area contributed by atoms with E-state index in [0.717, 1.165) is 11.1 Å². The Labute approximate surface area is 147 Å². The Kier molecular flexibility index (Phi) is 5.81. The van der Waals surface area contributed by atoms with E-state index in [4.69, 9.17) is 0 Å². The number of benzene rings is 2. The summed E-state index contributed by atoms with van der Waals surface area (Å²) in [5.41, 5.74) is 2.51. The number of carbonyl (C=O) groups excluding carboxylic acids is 1. The first kappa shape index (κ1) is 19.0. The Morgan fingerprint density at radius 3 is 2.32 bits per heavy atom. The van der Waals surface area contributed by atoms with Crippen LogP contribution in [0.3, 0.4) is 0 Å². The fourth-order valence-electron chi connectivity index (χ4n) is 2.36. The Bertz CT molecular complexity index is 892. The van der Waals surface area contributed by atoms with Crippen LogP contribution in [0.5, 0.6) is 5.75 Å². The molecule has 0 aliphatic heterocycles. The highest BCUT2D eigenvalue weighted by atomic mass is 32.2. The molecule has 2 rings (SSSR count). The van der Waals surface area contributed by atoms with Gasteiger partial charge in [0.1, 0.15) is 5.75 Å². The molecule has 0 aromatic heterocycles. The number of aromatic hydroxyl groups is 1. The van der Waals surface area contributed by atoms with Gasteiger partial charge in [-0.25, -0.2) is 13.1 Å². The highest BCUT2D eigenvalue weighted by molar-refractivity contribution is 7.89. The van der Waals surface area contributed by atoms with E-state index in [1.165, 1.54) is 12.1 Å².